The van der Waals surface area contributed by atoms with Gasteiger partial charge in [-0.15, -0.1) is 0 Å². The minimum Gasteiger partial charge on any atom is -0.461 e. The van der Waals surface area contributed by atoms with E-state index in [1.54, 1.807) is 6.92 Å². The first-order valence-corrected chi connectivity index (χ1v) is 12.7. The van der Waals surface area contributed by atoms with Gasteiger partial charge in [-0.1, -0.05) is 48.5 Å². The lowest BCUT2D eigenvalue weighted by molar-refractivity contribution is -0.327. The highest BCUT2D eigenvalue weighted by molar-refractivity contribution is 6.06. The van der Waals surface area contributed by atoms with Crippen molar-refractivity contribution < 1.29 is 42.8 Å². The van der Waals surface area contributed by atoms with E-state index in [2.05, 4.69) is 10.3 Å². The summed E-state index contributed by atoms with van der Waals surface area (Å²) in [5, 5.41) is 3.90. The maximum absolute atomic E-state index is 12.8. The Morgan fingerprint density at radius 3 is 2.36 bits per heavy atom. The molecule has 11 nitrogen and oxygen atoms in total. The van der Waals surface area contributed by atoms with E-state index in [0.717, 1.165) is 5.56 Å². The zero-order valence-corrected chi connectivity index (χ0v) is 21.7. The molecule has 0 saturated carbocycles. The van der Waals surface area contributed by atoms with Crippen LogP contribution in [0.2, 0.25) is 0 Å². The van der Waals surface area contributed by atoms with Gasteiger partial charge in [-0.25, -0.2) is 4.79 Å². The zero-order chi connectivity index (χ0) is 27.5. The molecule has 2 saturated heterocycles. The van der Waals surface area contributed by atoms with Crippen LogP contribution in [0.15, 0.2) is 54.6 Å². The van der Waals surface area contributed by atoms with E-state index in [9.17, 15) is 14.4 Å². The van der Waals surface area contributed by atoms with E-state index in [1.807, 2.05) is 54.6 Å². The molecule has 1 aromatic heterocycles. The fraction of sp³-hybridized carbons (Fsp3) is 0.393. The Labute approximate surface area is 224 Å². The molecule has 11 heteroatoms. The summed E-state index contributed by atoms with van der Waals surface area (Å²) in [5.74, 6) is -1.76. The Kier molecular flexibility index (Phi) is 7.82. The molecule has 0 bridgehead atoms. The summed E-state index contributed by atoms with van der Waals surface area (Å²) in [4.78, 5) is 40.3. The first-order chi connectivity index (χ1) is 18.9. The first-order valence-electron chi connectivity index (χ1n) is 12.7. The van der Waals surface area contributed by atoms with E-state index in [0.29, 0.717) is 16.6 Å². The molecule has 206 valence electrons. The summed E-state index contributed by atoms with van der Waals surface area (Å²) in [6.07, 6.45) is -5.41. The number of nitrogens with one attached hydrogen (secondary N) is 2. The number of ether oxygens (including phenoxy) is 6. The van der Waals surface area contributed by atoms with E-state index in [-0.39, 0.29) is 18.9 Å². The number of fused-ring (bicyclic) bond motifs is 2. The maximum Gasteiger partial charge on any atom is 0.356 e. The molecular formula is C28H30N2O9. The minimum absolute atomic E-state index is 0.117. The number of benzene rings is 2. The highest BCUT2D eigenvalue weighted by Crippen LogP contribution is 2.38. The summed E-state index contributed by atoms with van der Waals surface area (Å²) in [6, 6.07) is 16.6. The minimum atomic E-state index is -1.12. The number of hydrogen-bond acceptors (Lipinski definition) is 10. The third-order valence-corrected chi connectivity index (χ3v) is 6.47. The van der Waals surface area contributed by atoms with Gasteiger partial charge in [0.1, 0.15) is 17.9 Å². The number of anilines is 1. The lowest BCUT2D eigenvalue weighted by Gasteiger charge is -2.48. The summed E-state index contributed by atoms with van der Waals surface area (Å²) in [5.41, 5.74) is 2.03. The highest BCUT2D eigenvalue weighted by Gasteiger charge is 2.53. The molecular weight excluding hydrogens is 508 g/mol. The fourth-order valence-electron chi connectivity index (χ4n) is 4.92. The van der Waals surface area contributed by atoms with Crippen molar-refractivity contribution >= 4 is 34.5 Å². The highest BCUT2D eigenvalue weighted by atomic mass is 16.7. The van der Waals surface area contributed by atoms with Crippen molar-refractivity contribution in [3.63, 3.8) is 0 Å². The average Bonchev–Trinajstić information content (AvgIpc) is 3.29. The normalized spacial score (nSPS) is 26.3. The molecule has 2 aliphatic rings. The van der Waals surface area contributed by atoms with Crippen LogP contribution in [0.4, 0.5) is 5.69 Å². The summed E-state index contributed by atoms with van der Waals surface area (Å²) < 4.78 is 35.1. The molecule has 2 fully saturated rings. The smallest absolute Gasteiger partial charge is 0.356 e. The molecule has 3 heterocycles. The second-order valence-electron chi connectivity index (χ2n) is 9.21. The van der Waals surface area contributed by atoms with Gasteiger partial charge in [0.05, 0.1) is 18.9 Å². The molecule has 39 heavy (non-hydrogen) atoms. The third-order valence-electron chi connectivity index (χ3n) is 6.47. The van der Waals surface area contributed by atoms with Gasteiger partial charge < -0.3 is 38.7 Å². The van der Waals surface area contributed by atoms with Crippen molar-refractivity contribution in [2.45, 2.75) is 57.7 Å². The van der Waals surface area contributed by atoms with Crippen molar-refractivity contribution in [1.29, 1.82) is 0 Å². The summed E-state index contributed by atoms with van der Waals surface area (Å²) in [7, 11) is 0. The van der Waals surface area contributed by atoms with Crippen LogP contribution in [-0.2, 0) is 38.0 Å². The fourth-order valence-corrected chi connectivity index (χ4v) is 4.92. The Balaban J connectivity index is 1.51. The molecule has 2 N–H and O–H groups in total. The molecule has 3 aromatic rings. The Bertz CT molecular complexity index is 1340. The van der Waals surface area contributed by atoms with Gasteiger partial charge in [0.25, 0.3) is 0 Å². The number of esters is 3. The van der Waals surface area contributed by atoms with Crippen molar-refractivity contribution in [1.82, 2.24) is 4.98 Å². The quantitative estimate of drug-likeness (QED) is 0.340. The van der Waals surface area contributed by atoms with Gasteiger partial charge >= 0.3 is 17.9 Å². The van der Waals surface area contributed by atoms with E-state index >= 15 is 0 Å². The van der Waals surface area contributed by atoms with Crippen molar-refractivity contribution in [2.24, 2.45) is 0 Å². The monoisotopic (exact) mass is 538 g/mol. The number of aromatic nitrogens is 1. The van der Waals surface area contributed by atoms with Gasteiger partial charge in [0, 0.05) is 30.3 Å². The van der Waals surface area contributed by atoms with Crippen LogP contribution >= 0.6 is 0 Å². The first kappa shape index (κ1) is 26.7. The van der Waals surface area contributed by atoms with Crippen molar-refractivity contribution in [3.8, 4) is 0 Å². The Morgan fingerprint density at radius 2 is 1.64 bits per heavy atom. The van der Waals surface area contributed by atoms with Crippen molar-refractivity contribution in [2.75, 3.05) is 18.5 Å². The largest absolute Gasteiger partial charge is 0.461 e. The van der Waals surface area contributed by atoms with Gasteiger partial charge in [-0.2, -0.15) is 0 Å². The molecule has 0 radical (unpaired) electrons. The SMILES string of the molecule is CCOC(=O)c1[nH]c2ccccc2c1N[C@@H]1O[C@@H]2COC(c3ccccc3)O[C@H]2[C@H](OC(C)=O)[C@H]1OC(C)=O. The number of H-pyrrole nitrogens is 1. The van der Waals surface area contributed by atoms with Crippen LogP contribution in [0, 0.1) is 0 Å². The maximum atomic E-state index is 12.8. The number of rotatable bonds is 7. The predicted molar refractivity (Wildman–Crippen MR) is 138 cm³/mol. The van der Waals surface area contributed by atoms with Crippen LogP contribution in [0.1, 0.15) is 43.1 Å². The molecule has 2 aliphatic heterocycles. The molecule has 0 spiro atoms. The van der Waals surface area contributed by atoms with E-state index < -0.39 is 54.8 Å². The summed E-state index contributed by atoms with van der Waals surface area (Å²) in [6.45, 7) is 4.53. The molecule has 2 aromatic carbocycles. The number of aromatic amines is 1. The zero-order valence-electron chi connectivity index (χ0n) is 21.7. The van der Waals surface area contributed by atoms with Gasteiger partial charge in [-0.05, 0) is 13.0 Å². The number of hydrogen-bond donors (Lipinski definition) is 2. The molecule has 1 unspecified atom stereocenters. The van der Waals surface area contributed by atoms with Gasteiger partial charge in [0.15, 0.2) is 24.7 Å². The van der Waals surface area contributed by atoms with E-state index in [1.165, 1.54) is 13.8 Å². The number of carbonyl (C=O) groups excluding carboxylic acids is 3. The predicted octanol–water partition coefficient (Wildman–Crippen LogP) is 3.46. The second-order valence-corrected chi connectivity index (χ2v) is 9.21. The topological polar surface area (TPSA) is 134 Å². The number of para-hydroxylation sites is 1. The van der Waals surface area contributed by atoms with Crippen molar-refractivity contribution in [3.05, 3.63) is 65.9 Å². The third kappa shape index (κ3) is 5.60. The molecule has 0 amide bonds. The Morgan fingerprint density at radius 1 is 0.949 bits per heavy atom. The van der Waals surface area contributed by atoms with Crippen LogP contribution in [0.5, 0.6) is 0 Å². The summed E-state index contributed by atoms with van der Waals surface area (Å²) >= 11 is 0. The Hall–Kier alpha value is -3.93. The second kappa shape index (κ2) is 11.4. The van der Waals surface area contributed by atoms with E-state index in [4.69, 9.17) is 28.4 Å². The molecule has 0 aliphatic carbocycles. The van der Waals surface area contributed by atoms with Crippen LogP contribution < -0.4 is 5.32 Å². The van der Waals surface area contributed by atoms with Gasteiger partial charge in [0.2, 0.25) is 0 Å². The lowest BCUT2D eigenvalue weighted by atomic mass is 9.96. The number of carbonyl (C=O) groups is 3. The van der Waals surface area contributed by atoms with Crippen LogP contribution in [-0.4, -0.2) is 66.7 Å². The van der Waals surface area contributed by atoms with Gasteiger partial charge in [-0.3, -0.25) is 9.59 Å². The lowest BCUT2D eigenvalue weighted by Crippen LogP contribution is -2.65. The van der Waals surface area contributed by atoms with Crippen LogP contribution in [0.25, 0.3) is 10.9 Å². The molecule has 5 rings (SSSR count). The standard InChI is InChI=1S/C28H30N2O9/c1-4-34-27(33)22-21(18-12-8-9-13-19(18)29-22)30-26-25(37-16(3)32)24(36-15(2)31)23-20(38-26)14-35-28(39-23)17-10-6-5-7-11-17/h5-13,20,23-26,28-30H,4,14H2,1-3H3/t20-,23-,24+,25-,26-,28?/m1/s1. The molecule has 6 atom stereocenters. The average molecular weight is 539 g/mol. The van der Waals surface area contributed by atoms with Crippen LogP contribution in [0.3, 0.4) is 0 Å².